The van der Waals surface area contributed by atoms with Gasteiger partial charge in [0.1, 0.15) is 17.0 Å². The van der Waals surface area contributed by atoms with E-state index in [0.717, 1.165) is 11.1 Å². The zero-order chi connectivity index (χ0) is 25.9. The summed E-state index contributed by atoms with van der Waals surface area (Å²) in [6.07, 6.45) is 0. The highest BCUT2D eigenvalue weighted by atomic mass is 16.5. The average Bonchev–Trinajstić information content (AvgIpc) is 3.35. The molecule has 0 unspecified atom stereocenters. The Bertz CT molecular complexity index is 1560. The number of nitrogens with zero attached hydrogens (tertiary/aromatic N) is 2. The molecule has 184 valence electrons. The Hall–Kier alpha value is -5.31. The first-order chi connectivity index (χ1) is 17.9. The van der Waals surface area contributed by atoms with Gasteiger partial charge in [0, 0.05) is 18.3 Å². The first-order valence-corrected chi connectivity index (χ1v) is 11.4. The molecule has 0 bridgehead atoms. The molecule has 0 aliphatic carbocycles. The predicted octanol–water partition coefficient (Wildman–Crippen LogP) is 5.45. The lowest BCUT2D eigenvalue weighted by Crippen LogP contribution is -2.31. The smallest absolute Gasteiger partial charge is 0.323 e. The van der Waals surface area contributed by atoms with Crippen LogP contribution >= 0.6 is 0 Å². The summed E-state index contributed by atoms with van der Waals surface area (Å²) in [6, 6.07) is 25.7. The largest absolute Gasteiger partial charge is 0.457 e. The van der Waals surface area contributed by atoms with E-state index in [1.807, 2.05) is 36.4 Å². The molecule has 5 N–H and O–H groups in total. The summed E-state index contributed by atoms with van der Waals surface area (Å²) >= 11 is 0. The van der Waals surface area contributed by atoms with Crippen molar-refractivity contribution in [1.29, 1.82) is 0 Å². The van der Waals surface area contributed by atoms with Crippen LogP contribution in [0, 0.1) is 0 Å². The molecule has 0 radical (unpaired) electrons. The maximum atomic E-state index is 12.3. The number of anilines is 3. The molecule has 37 heavy (non-hydrogen) atoms. The van der Waals surface area contributed by atoms with E-state index in [2.05, 4.69) is 10.3 Å². The number of carbonyl (C=O) groups is 2. The number of fused-ring (bicyclic) bond motifs is 1. The number of aromatic nitrogens is 1. The SMILES string of the molecule is CNC(=O)c1cc(Oc2ccc(N(C(N)=O)c3ccc(-c4nc5ccccc5o4)cc3)cc2)ccc1N. The normalized spacial score (nSPS) is 10.7. The van der Waals surface area contributed by atoms with Crippen molar-refractivity contribution in [2.75, 3.05) is 17.7 Å². The van der Waals surface area contributed by atoms with E-state index in [1.165, 1.54) is 11.9 Å². The minimum Gasteiger partial charge on any atom is -0.457 e. The summed E-state index contributed by atoms with van der Waals surface area (Å²) in [5, 5.41) is 2.55. The summed E-state index contributed by atoms with van der Waals surface area (Å²) in [5.74, 6) is 1.13. The number of oxazole rings is 1. The Labute approximate surface area is 212 Å². The zero-order valence-electron chi connectivity index (χ0n) is 19.8. The third-order valence-corrected chi connectivity index (χ3v) is 5.71. The van der Waals surface area contributed by atoms with E-state index in [-0.39, 0.29) is 5.91 Å². The van der Waals surface area contributed by atoms with Crippen LogP contribution in [0.3, 0.4) is 0 Å². The van der Waals surface area contributed by atoms with E-state index in [1.54, 1.807) is 54.6 Å². The molecule has 9 nitrogen and oxygen atoms in total. The number of nitrogens with two attached hydrogens (primary N) is 2. The van der Waals surface area contributed by atoms with Crippen LogP contribution in [-0.4, -0.2) is 24.0 Å². The number of urea groups is 1. The van der Waals surface area contributed by atoms with Crippen molar-refractivity contribution < 1.29 is 18.7 Å². The van der Waals surface area contributed by atoms with Gasteiger partial charge in [-0.2, -0.15) is 0 Å². The topological polar surface area (TPSA) is 137 Å². The molecule has 5 aromatic rings. The maximum Gasteiger partial charge on any atom is 0.323 e. The van der Waals surface area contributed by atoms with Crippen LogP contribution < -0.4 is 26.4 Å². The number of nitrogen functional groups attached to an aromatic ring is 1. The lowest BCUT2D eigenvalue weighted by Gasteiger charge is -2.21. The van der Waals surface area contributed by atoms with Crippen molar-refractivity contribution in [3.63, 3.8) is 0 Å². The van der Waals surface area contributed by atoms with Crippen molar-refractivity contribution in [1.82, 2.24) is 10.3 Å². The Balaban J connectivity index is 1.36. The second kappa shape index (κ2) is 9.74. The Morgan fingerprint density at radius 1 is 0.892 bits per heavy atom. The van der Waals surface area contributed by atoms with E-state index < -0.39 is 6.03 Å². The zero-order valence-corrected chi connectivity index (χ0v) is 19.8. The number of primary amides is 1. The Morgan fingerprint density at radius 3 is 2.19 bits per heavy atom. The molecule has 0 saturated heterocycles. The van der Waals surface area contributed by atoms with Crippen LogP contribution in [0.15, 0.2) is 95.4 Å². The molecule has 5 rings (SSSR count). The average molecular weight is 494 g/mol. The van der Waals surface area contributed by atoms with Gasteiger partial charge in [-0.25, -0.2) is 9.78 Å². The van der Waals surface area contributed by atoms with Gasteiger partial charge in [-0.05, 0) is 78.9 Å². The highest BCUT2D eigenvalue weighted by Gasteiger charge is 2.17. The Kier molecular flexibility index (Phi) is 6.17. The monoisotopic (exact) mass is 493 g/mol. The minimum absolute atomic E-state index is 0.308. The first-order valence-electron chi connectivity index (χ1n) is 11.4. The minimum atomic E-state index is -0.642. The van der Waals surface area contributed by atoms with Crippen molar-refractivity contribution in [3.8, 4) is 23.0 Å². The summed E-state index contributed by atoms with van der Waals surface area (Å²) in [4.78, 5) is 30.2. The van der Waals surface area contributed by atoms with Gasteiger partial charge in [0.15, 0.2) is 5.58 Å². The molecular formula is C28H23N5O4. The van der Waals surface area contributed by atoms with Gasteiger partial charge in [0.2, 0.25) is 5.89 Å². The number of para-hydroxylation sites is 2. The second-order valence-electron chi connectivity index (χ2n) is 8.13. The lowest BCUT2D eigenvalue weighted by atomic mass is 10.1. The fraction of sp³-hybridized carbons (Fsp3) is 0.0357. The van der Waals surface area contributed by atoms with Gasteiger partial charge < -0.3 is 25.9 Å². The van der Waals surface area contributed by atoms with Gasteiger partial charge in [0.05, 0.1) is 16.9 Å². The number of ether oxygens (including phenoxy) is 1. The fourth-order valence-corrected chi connectivity index (χ4v) is 3.88. The van der Waals surface area contributed by atoms with Crippen molar-refractivity contribution in [3.05, 3.63) is 96.6 Å². The molecule has 3 amide bonds. The van der Waals surface area contributed by atoms with Crippen LogP contribution in [-0.2, 0) is 0 Å². The summed E-state index contributed by atoms with van der Waals surface area (Å²) in [5.41, 5.74) is 15.6. The number of amides is 3. The van der Waals surface area contributed by atoms with E-state index in [9.17, 15) is 9.59 Å². The van der Waals surface area contributed by atoms with E-state index in [0.29, 0.717) is 45.6 Å². The van der Waals surface area contributed by atoms with Crippen LogP contribution in [0.25, 0.3) is 22.6 Å². The van der Waals surface area contributed by atoms with Crippen molar-refractivity contribution >= 4 is 40.1 Å². The van der Waals surface area contributed by atoms with Gasteiger partial charge in [-0.3, -0.25) is 9.69 Å². The number of benzene rings is 4. The molecule has 0 atom stereocenters. The number of nitrogens with one attached hydrogen (secondary N) is 1. The molecule has 0 aliphatic heterocycles. The van der Waals surface area contributed by atoms with Crippen LogP contribution in [0.2, 0.25) is 0 Å². The number of hydrogen-bond acceptors (Lipinski definition) is 6. The molecule has 0 spiro atoms. The number of rotatable bonds is 6. The highest BCUT2D eigenvalue weighted by molar-refractivity contribution is 5.99. The van der Waals surface area contributed by atoms with E-state index >= 15 is 0 Å². The predicted molar refractivity (Wildman–Crippen MR) is 142 cm³/mol. The van der Waals surface area contributed by atoms with Crippen LogP contribution in [0.4, 0.5) is 21.9 Å². The van der Waals surface area contributed by atoms with Gasteiger partial charge in [0.25, 0.3) is 5.91 Å². The quantitative estimate of drug-likeness (QED) is 0.269. The fourth-order valence-electron chi connectivity index (χ4n) is 3.88. The summed E-state index contributed by atoms with van der Waals surface area (Å²) in [6.45, 7) is 0. The first kappa shape index (κ1) is 23.4. The lowest BCUT2D eigenvalue weighted by molar-refractivity contribution is 0.0963. The molecule has 4 aromatic carbocycles. The molecule has 9 heteroatoms. The third kappa shape index (κ3) is 4.78. The van der Waals surface area contributed by atoms with Crippen LogP contribution in [0.1, 0.15) is 10.4 Å². The van der Waals surface area contributed by atoms with Crippen molar-refractivity contribution in [2.24, 2.45) is 5.73 Å². The molecular weight excluding hydrogens is 470 g/mol. The van der Waals surface area contributed by atoms with Gasteiger partial charge in [-0.15, -0.1) is 0 Å². The molecule has 1 aromatic heterocycles. The second-order valence-corrected chi connectivity index (χ2v) is 8.13. The molecule has 0 saturated carbocycles. The third-order valence-electron chi connectivity index (χ3n) is 5.71. The van der Waals surface area contributed by atoms with Gasteiger partial charge in [-0.1, -0.05) is 12.1 Å². The summed E-state index contributed by atoms with van der Waals surface area (Å²) < 4.78 is 11.7. The highest BCUT2D eigenvalue weighted by Crippen LogP contribution is 2.32. The number of hydrogen-bond donors (Lipinski definition) is 3. The Morgan fingerprint density at radius 2 is 1.54 bits per heavy atom. The van der Waals surface area contributed by atoms with Gasteiger partial charge >= 0.3 is 6.03 Å². The molecule has 1 heterocycles. The molecule has 0 fully saturated rings. The standard InChI is InChI=1S/C28H23N5O4/c1-31-26(34)22-16-21(14-15-23(22)29)36-20-12-10-19(11-13-20)33(28(30)35)18-8-6-17(7-9-18)27-32-24-4-2-3-5-25(24)37-27/h2-16H,29H2,1H3,(H2,30,35)(H,31,34). The van der Waals surface area contributed by atoms with Crippen LogP contribution in [0.5, 0.6) is 11.5 Å². The number of carbonyl (C=O) groups excluding carboxylic acids is 2. The summed E-state index contributed by atoms with van der Waals surface area (Å²) in [7, 11) is 1.53. The van der Waals surface area contributed by atoms with E-state index in [4.69, 9.17) is 20.6 Å². The molecule has 0 aliphatic rings. The maximum absolute atomic E-state index is 12.3. The van der Waals surface area contributed by atoms with Crippen molar-refractivity contribution in [2.45, 2.75) is 0 Å².